The Morgan fingerprint density at radius 1 is 1.00 bits per heavy atom. The molecule has 0 heterocycles. The molecule has 2 aromatic carbocycles. The summed E-state index contributed by atoms with van der Waals surface area (Å²) in [5.74, 6) is -0.00496. The van der Waals surface area contributed by atoms with Gasteiger partial charge in [0.15, 0.2) is 0 Å². The van der Waals surface area contributed by atoms with Crippen molar-refractivity contribution < 1.29 is 9.59 Å². The molecule has 0 spiro atoms. The van der Waals surface area contributed by atoms with Gasteiger partial charge in [-0.25, -0.2) is 0 Å². The van der Waals surface area contributed by atoms with Gasteiger partial charge in [0.25, 0.3) is 0 Å². The summed E-state index contributed by atoms with van der Waals surface area (Å²) in [6, 6.07) is 14.4. The molecule has 1 amide bonds. The molecule has 0 atom stereocenters. The van der Waals surface area contributed by atoms with E-state index in [0.717, 1.165) is 6.42 Å². The van der Waals surface area contributed by atoms with Gasteiger partial charge in [0.2, 0.25) is 5.91 Å². The number of carbonyl (C=O) groups is 2. The summed E-state index contributed by atoms with van der Waals surface area (Å²) in [5.41, 5.74) is 1.23. The fraction of sp³-hybridized carbons (Fsp3) is 0.294. The summed E-state index contributed by atoms with van der Waals surface area (Å²) in [5, 5.41) is 5.31. The average Bonchev–Trinajstić information content (AvgIpc) is 2.45. The van der Waals surface area contributed by atoms with Crippen molar-refractivity contribution in [2.75, 3.05) is 6.54 Å². The van der Waals surface area contributed by atoms with Gasteiger partial charge in [-0.1, -0.05) is 42.5 Å². The maximum Gasteiger partial charge on any atom is 0.220 e. The Hall–Kier alpha value is -2.16. The molecule has 20 heavy (non-hydrogen) atoms. The van der Waals surface area contributed by atoms with E-state index in [1.54, 1.807) is 0 Å². The summed E-state index contributed by atoms with van der Waals surface area (Å²) in [6.45, 7) is 2.11. The van der Waals surface area contributed by atoms with Crippen LogP contribution in [-0.4, -0.2) is 18.2 Å². The van der Waals surface area contributed by atoms with E-state index in [-0.39, 0.29) is 18.1 Å². The Morgan fingerprint density at radius 3 is 2.55 bits per heavy atom. The monoisotopic (exact) mass is 269 g/mol. The molecule has 0 fully saturated rings. The van der Waals surface area contributed by atoms with Crippen molar-refractivity contribution in [1.29, 1.82) is 0 Å². The van der Waals surface area contributed by atoms with E-state index in [1.165, 1.54) is 23.3 Å². The van der Waals surface area contributed by atoms with Crippen LogP contribution < -0.4 is 5.32 Å². The van der Waals surface area contributed by atoms with Crippen molar-refractivity contribution in [3.05, 3.63) is 48.0 Å². The number of nitrogens with one attached hydrogen (secondary N) is 1. The van der Waals surface area contributed by atoms with Gasteiger partial charge in [-0.05, 0) is 29.7 Å². The zero-order valence-corrected chi connectivity index (χ0v) is 11.7. The van der Waals surface area contributed by atoms with Crippen molar-refractivity contribution in [3.8, 4) is 0 Å². The van der Waals surface area contributed by atoms with E-state index in [1.807, 2.05) is 18.2 Å². The van der Waals surface area contributed by atoms with E-state index >= 15 is 0 Å². The molecule has 0 aromatic heterocycles. The molecule has 3 heteroatoms. The second kappa shape index (κ2) is 6.85. The smallest absolute Gasteiger partial charge is 0.220 e. The molecule has 0 aliphatic carbocycles. The first kappa shape index (κ1) is 14.3. The topological polar surface area (TPSA) is 46.2 Å². The Bertz CT molecular complexity index is 614. The number of amides is 1. The Morgan fingerprint density at radius 2 is 1.75 bits per heavy atom. The Kier molecular flexibility index (Phi) is 4.88. The van der Waals surface area contributed by atoms with Crippen molar-refractivity contribution in [1.82, 2.24) is 5.32 Å². The quantitative estimate of drug-likeness (QED) is 0.876. The molecule has 0 aliphatic rings. The number of hydrogen-bond acceptors (Lipinski definition) is 2. The molecule has 1 N–H and O–H groups in total. The van der Waals surface area contributed by atoms with Gasteiger partial charge in [-0.2, -0.15) is 0 Å². The first-order valence-corrected chi connectivity index (χ1v) is 6.89. The van der Waals surface area contributed by atoms with Crippen LogP contribution in [-0.2, 0) is 16.0 Å². The number of Topliss-reactive ketones (excluding diaryl/α,β-unsaturated/α-hetero) is 1. The Labute approximate surface area is 119 Å². The fourth-order valence-corrected chi connectivity index (χ4v) is 2.23. The normalized spacial score (nSPS) is 10.4. The van der Waals surface area contributed by atoms with Crippen LogP contribution in [0.5, 0.6) is 0 Å². The lowest BCUT2D eigenvalue weighted by atomic mass is 10.0. The van der Waals surface area contributed by atoms with Gasteiger partial charge in [0, 0.05) is 19.4 Å². The summed E-state index contributed by atoms with van der Waals surface area (Å²) in [7, 11) is 0. The molecule has 0 aliphatic heterocycles. The maximum absolute atomic E-state index is 11.5. The first-order valence-electron chi connectivity index (χ1n) is 6.89. The third-order valence-corrected chi connectivity index (χ3v) is 3.30. The predicted octanol–water partition coefficient (Wildman–Crippen LogP) is 2.87. The van der Waals surface area contributed by atoms with Crippen molar-refractivity contribution in [2.24, 2.45) is 0 Å². The van der Waals surface area contributed by atoms with Crippen LogP contribution >= 0.6 is 0 Å². The average molecular weight is 269 g/mol. The second-order valence-electron chi connectivity index (χ2n) is 4.94. The number of benzene rings is 2. The highest BCUT2D eigenvalue weighted by molar-refractivity contribution is 5.86. The van der Waals surface area contributed by atoms with Crippen LogP contribution in [0.1, 0.15) is 25.3 Å². The molecule has 3 nitrogen and oxygen atoms in total. The van der Waals surface area contributed by atoms with Crippen LogP contribution in [0, 0.1) is 0 Å². The van der Waals surface area contributed by atoms with Crippen molar-refractivity contribution in [3.63, 3.8) is 0 Å². The minimum atomic E-state index is -0.0552. The molecular weight excluding hydrogens is 250 g/mol. The van der Waals surface area contributed by atoms with E-state index < -0.39 is 0 Å². The van der Waals surface area contributed by atoms with E-state index in [4.69, 9.17) is 0 Å². The molecule has 0 saturated heterocycles. The Balaban J connectivity index is 1.90. The van der Waals surface area contributed by atoms with E-state index in [0.29, 0.717) is 13.0 Å². The van der Waals surface area contributed by atoms with Crippen LogP contribution in [0.25, 0.3) is 10.8 Å². The lowest BCUT2D eigenvalue weighted by Gasteiger charge is -2.08. The molecular formula is C17H19NO2. The second-order valence-corrected chi connectivity index (χ2v) is 4.94. The molecule has 0 radical (unpaired) electrons. The minimum Gasteiger partial charge on any atom is -0.356 e. The lowest BCUT2D eigenvalue weighted by Crippen LogP contribution is -2.25. The third-order valence-electron chi connectivity index (χ3n) is 3.30. The van der Waals surface area contributed by atoms with Crippen LogP contribution in [0.4, 0.5) is 0 Å². The number of fused-ring (bicyclic) bond motifs is 1. The highest BCUT2D eigenvalue weighted by Gasteiger charge is 2.04. The molecule has 2 aromatic rings. The molecule has 0 bridgehead atoms. The minimum absolute atomic E-state index is 0.0502. The van der Waals surface area contributed by atoms with Crippen LogP contribution in [0.2, 0.25) is 0 Å². The van der Waals surface area contributed by atoms with Gasteiger partial charge < -0.3 is 10.1 Å². The zero-order valence-electron chi connectivity index (χ0n) is 11.7. The van der Waals surface area contributed by atoms with Gasteiger partial charge in [0.1, 0.15) is 5.78 Å². The standard InChI is InChI=1S/C17H19NO2/c1-13(19)9-10-17(20)18-12-11-15-7-4-6-14-5-2-3-8-16(14)15/h2-8H,9-12H2,1H3,(H,18,20). The fourth-order valence-electron chi connectivity index (χ4n) is 2.23. The van der Waals surface area contributed by atoms with E-state index in [9.17, 15) is 9.59 Å². The largest absolute Gasteiger partial charge is 0.356 e. The molecule has 2 rings (SSSR count). The van der Waals surface area contributed by atoms with Gasteiger partial charge in [-0.3, -0.25) is 4.79 Å². The van der Waals surface area contributed by atoms with Gasteiger partial charge in [-0.15, -0.1) is 0 Å². The predicted molar refractivity (Wildman–Crippen MR) is 80.6 cm³/mol. The van der Waals surface area contributed by atoms with Crippen LogP contribution in [0.3, 0.4) is 0 Å². The molecule has 104 valence electrons. The van der Waals surface area contributed by atoms with Gasteiger partial charge >= 0.3 is 0 Å². The number of ketones is 1. The van der Waals surface area contributed by atoms with Crippen LogP contribution in [0.15, 0.2) is 42.5 Å². The highest BCUT2D eigenvalue weighted by atomic mass is 16.2. The third kappa shape index (κ3) is 3.92. The van der Waals surface area contributed by atoms with Crippen molar-refractivity contribution >= 4 is 22.5 Å². The number of rotatable bonds is 6. The number of hydrogen-bond donors (Lipinski definition) is 1. The van der Waals surface area contributed by atoms with Crippen molar-refractivity contribution in [2.45, 2.75) is 26.2 Å². The molecule has 0 saturated carbocycles. The first-order chi connectivity index (χ1) is 9.66. The number of carbonyl (C=O) groups excluding carboxylic acids is 2. The summed E-state index contributed by atoms with van der Waals surface area (Å²) in [6.07, 6.45) is 1.40. The summed E-state index contributed by atoms with van der Waals surface area (Å²) in [4.78, 5) is 22.3. The summed E-state index contributed by atoms with van der Waals surface area (Å²) < 4.78 is 0. The SMILES string of the molecule is CC(=O)CCC(=O)NCCc1cccc2ccccc12. The van der Waals surface area contributed by atoms with Gasteiger partial charge in [0.05, 0.1) is 0 Å². The van der Waals surface area contributed by atoms with E-state index in [2.05, 4.69) is 29.6 Å². The summed E-state index contributed by atoms with van der Waals surface area (Å²) >= 11 is 0. The highest BCUT2D eigenvalue weighted by Crippen LogP contribution is 2.18. The zero-order chi connectivity index (χ0) is 14.4. The maximum atomic E-state index is 11.5. The molecule has 0 unspecified atom stereocenters. The lowest BCUT2D eigenvalue weighted by molar-refractivity contribution is -0.124.